The Labute approximate surface area is 135 Å². The van der Waals surface area contributed by atoms with Crippen LogP contribution in [0.15, 0.2) is 37.6 Å². The minimum Gasteiger partial charge on any atom is -0.468 e. The Morgan fingerprint density at radius 1 is 1.38 bits per heavy atom. The first-order chi connectivity index (χ1) is 10.0. The van der Waals surface area contributed by atoms with Crippen LogP contribution in [0.2, 0.25) is 0 Å². The summed E-state index contributed by atoms with van der Waals surface area (Å²) in [5, 5.41) is 3.38. The third-order valence-corrected chi connectivity index (χ3v) is 6.81. The quantitative estimate of drug-likeness (QED) is 0.762. The molecular weight excluding hydrogens is 376 g/mol. The highest BCUT2D eigenvalue weighted by atomic mass is 79.9. The van der Waals surface area contributed by atoms with Gasteiger partial charge in [0.15, 0.2) is 0 Å². The molecule has 5 nitrogen and oxygen atoms in total. The molecule has 0 bridgehead atoms. The van der Waals surface area contributed by atoms with Gasteiger partial charge in [-0.2, -0.15) is 0 Å². The fourth-order valence-electron chi connectivity index (χ4n) is 1.86. The van der Waals surface area contributed by atoms with E-state index in [1.807, 2.05) is 0 Å². The Morgan fingerprint density at radius 3 is 2.86 bits per heavy atom. The Bertz CT molecular complexity index is 706. The maximum absolute atomic E-state index is 12.3. The molecule has 2 aromatic rings. The van der Waals surface area contributed by atoms with Gasteiger partial charge in [0.1, 0.15) is 10.7 Å². The van der Waals surface area contributed by atoms with Gasteiger partial charge in [-0.25, -0.2) is 13.1 Å². The summed E-state index contributed by atoms with van der Waals surface area (Å²) in [5.74, 6) is 0.584. The lowest BCUT2D eigenvalue weighted by Crippen LogP contribution is -2.23. The molecule has 1 saturated carbocycles. The van der Waals surface area contributed by atoms with E-state index in [0.717, 1.165) is 4.88 Å². The first-order valence-corrected chi connectivity index (χ1v) is 9.67. The summed E-state index contributed by atoms with van der Waals surface area (Å²) in [6.07, 6.45) is 3.94. The zero-order chi connectivity index (χ0) is 14.9. The maximum atomic E-state index is 12.3. The van der Waals surface area contributed by atoms with Gasteiger partial charge in [0.05, 0.1) is 16.6 Å². The highest BCUT2D eigenvalue weighted by molar-refractivity contribution is 9.11. The largest absolute Gasteiger partial charge is 0.468 e. The van der Waals surface area contributed by atoms with E-state index in [1.54, 1.807) is 18.2 Å². The Hall–Kier alpha value is -0.670. The van der Waals surface area contributed by atoms with Crippen LogP contribution in [0, 0.1) is 0 Å². The molecule has 0 unspecified atom stereocenters. The van der Waals surface area contributed by atoms with Crippen molar-refractivity contribution in [2.75, 3.05) is 0 Å². The van der Waals surface area contributed by atoms with E-state index >= 15 is 0 Å². The third-order valence-electron chi connectivity index (χ3n) is 3.15. The van der Waals surface area contributed by atoms with E-state index in [4.69, 9.17) is 4.42 Å². The number of hydrogen-bond acceptors (Lipinski definition) is 5. The average molecular weight is 391 g/mol. The lowest BCUT2D eigenvalue weighted by molar-refractivity contribution is 0.498. The molecule has 0 aliphatic heterocycles. The molecule has 2 aromatic heterocycles. The third kappa shape index (κ3) is 3.95. The molecule has 0 aromatic carbocycles. The topological polar surface area (TPSA) is 71.3 Å². The van der Waals surface area contributed by atoms with Crippen molar-refractivity contribution >= 4 is 37.3 Å². The van der Waals surface area contributed by atoms with E-state index in [-0.39, 0.29) is 11.4 Å². The zero-order valence-electron chi connectivity index (χ0n) is 11.1. The second-order valence-electron chi connectivity index (χ2n) is 4.91. The van der Waals surface area contributed by atoms with Gasteiger partial charge in [-0.1, -0.05) is 0 Å². The van der Waals surface area contributed by atoms with Crippen molar-refractivity contribution in [3.8, 4) is 0 Å². The monoisotopic (exact) mass is 390 g/mol. The SMILES string of the molecule is O=S(=O)(NCc1ccco1)c1cc(CNC2CC2)sc1Br. The molecule has 0 spiro atoms. The van der Waals surface area contributed by atoms with Crippen molar-refractivity contribution in [1.82, 2.24) is 10.0 Å². The predicted molar refractivity (Wildman–Crippen MR) is 84.6 cm³/mol. The molecule has 0 amide bonds. The van der Waals surface area contributed by atoms with Gasteiger partial charge in [-0.3, -0.25) is 0 Å². The number of rotatable bonds is 7. The molecule has 3 rings (SSSR count). The van der Waals surface area contributed by atoms with Gasteiger partial charge in [0.2, 0.25) is 10.0 Å². The van der Waals surface area contributed by atoms with Crippen molar-refractivity contribution in [3.05, 3.63) is 38.9 Å². The van der Waals surface area contributed by atoms with E-state index < -0.39 is 10.0 Å². The highest BCUT2D eigenvalue weighted by Gasteiger charge is 2.23. The second-order valence-corrected chi connectivity index (χ2v) is 9.10. The molecule has 1 aliphatic rings. The van der Waals surface area contributed by atoms with Crippen LogP contribution in [0.4, 0.5) is 0 Å². The number of thiophene rings is 1. The summed E-state index contributed by atoms with van der Waals surface area (Å²) >= 11 is 4.79. The van der Waals surface area contributed by atoms with Crippen LogP contribution in [0.25, 0.3) is 0 Å². The molecule has 0 radical (unpaired) electrons. The Balaban J connectivity index is 1.68. The first-order valence-electron chi connectivity index (χ1n) is 6.58. The standard InChI is InChI=1S/C13H15BrN2O3S2/c14-13-12(6-11(20-13)8-15-9-3-4-9)21(17,18)16-7-10-2-1-5-19-10/h1-2,5-6,9,15-16H,3-4,7-8H2. The molecule has 21 heavy (non-hydrogen) atoms. The van der Waals surface area contributed by atoms with Crippen LogP contribution in [0.5, 0.6) is 0 Å². The average Bonchev–Trinajstić information content (AvgIpc) is 2.97. The highest BCUT2D eigenvalue weighted by Crippen LogP contribution is 2.32. The fourth-order valence-corrected chi connectivity index (χ4v) is 5.48. The molecular formula is C13H15BrN2O3S2. The van der Waals surface area contributed by atoms with Gasteiger partial charge in [-0.15, -0.1) is 11.3 Å². The molecule has 114 valence electrons. The Kier molecular flexibility index (Phi) is 4.51. The number of halogens is 1. The lowest BCUT2D eigenvalue weighted by atomic mass is 10.4. The summed E-state index contributed by atoms with van der Waals surface area (Å²) < 4.78 is 32.9. The second kappa shape index (κ2) is 6.21. The molecule has 2 N–H and O–H groups in total. The van der Waals surface area contributed by atoms with Gasteiger partial charge >= 0.3 is 0 Å². The minimum absolute atomic E-state index is 0.146. The van der Waals surface area contributed by atoms with E-state index in [9.17, 15) is 8.42 Å². The normalized spacial score (nSPS) is 15.5. The smallest absolute Gasteiger partial charge is 0.242 e. The summed E-state index contributed by atoms with van der Waals surface area (Å²) in [6, 6.07) is 5.78. The van der Waals surface area contributed by atoms with Crippen molar-refractivity contribution in [3.63, 3.8) is 0 Å². The summed E-state index contributed by atoms with van der Waals surface area (Å²) in [7, 11) is -3.54. The zero-order valence-corrected chi connectivity index (χ0v) is 14.4. The van der Waals surface area contributed by atoms with Crippen LogP contribution < -0.4 is 10.0 Å². The molecule has 8 heteroatoms. The van der Waals surface area contributed by atoms with E-state index in [2.05, 4.69) is 26.0 Å². The van der Waals surface area contributed by atoms with Crippen LogP contribution in [0.3, 0.4) is 0 Å². The van der Waals surface area contributed by atoms with Crippen LogP contribution in [-0.4, -0.2) is 14.5 Å². The molecule has 2 heterocycles. The van der Waals surface area contributed by atoms with Crippen molar-refractivity contribution < 1.29 is 12.8 Å². The van der Waals surface area contributed by atoms with Crippen LogP contribution in [-0.2, 0) is 23.1 Å². The van der Waals surface area contributed by atoms with Crippen LogP contribution >= 0.6 is 27.3 Å². The number of furan rings is 1. The van der Waals surface area contributed by atoms with Gasteiger partial charge in [-0.05, 0) is 47.0 Å². The first kappa shape index (κ1) is 15.2. The maximum Gasteiger partial charge on any atom is 0.242 e. The van der Waals surface area contributed by atoms with Gasteiger partial charge < -0.3 is 9.73 Å². The lowest BCUT2D eigenvalue weighted by Gasteiger charge is -2.03. The van der Waals surface area contributed by atoms with Gasteiger partial charge in [0.25, 0.3) is 0 Å². The van der Waals surface area contributed by atoms with E-state index in [0.29, 0.717) is 22.1 Å². The van der Waals surface area contributed by atoms with Crippen molar-refractivity contribution in [1.29, 1.82) is 0 Å². The van der Waals surface area contributed by atoms with Crippen molar-refractivity contribution in [2.45, 2.75) is 36.9 Å². The predicted octanol–water partition coefficient (Wildman–Crippen LogP) is 2.83. The summed E-state index contributed by atoms with van der Waals surface area (Å²) in [6.45, 7) is 0.856. The molecule has 1 aliphatic carbocycles. The fraction of sp³-hybridized carbons (Fsp3) is 0.385. The minimum atomic E-state index is -3.54. The molecule has 0 atom stereocenters. The summed E-state index contributed by atoms with van der Waals surface area (Å²) in [4.78, 5) is 1.29. The number of sulfonamides is 1. The number of nitrogens with one attached hydrogen (secondary N) is 2. The van der Waals surface area contributed by atoms with Crippen LogP contribution in [0.1, 0.15) is 23.5 Å². The summed E-state index contributed by atoms with van der Waals surface area (Å²) in [5.41, 5.74) is 0. The molecule has 0 saturated heterocycles. The van der Waals surface area contributed by atoms with Crippen molar-refractivity contribution in [2.24, 2.45) is 0 Å². The molecule has 1 fully saturated rings. The Morgan fingerprint density at radius 2 is 2.19 bits per heavy atom. The van der Waals surface area contributed by atoms with E-state index in [1.165, 1.54) is 30.4 Å². The number of hydrogen-bond donors (Lipinski definition) is 2. The van der Waals surface area contributed by atoms with Gasteiger partial charge in [0, 0.05) is 17.5 Å².